The van der Waals surface area contributed by atoms with Crippen molar-refractivity contribution in [2.75, 3.05) is 31.9 Å². The Morgan fingerprint density at radius 2 is 1.90 bits per heavy atom. The lowest BCUT2D eigenvalue weighted by Crippen LogP contribution is -2.54. The Morgan fingerprint density at radius 3 is 2.35 bits per heavy atom. The van der Waals surface area contributed by atoms with Crippen LogP contribution in [0.3, 0.4) is 0 Å². The molecule has 1 aromatic heterocycles. The molecule has 112 valence electrons. The van der Waals surface area contributed by atoms with E-state index in [4.69, 9.17) is 5.73 Å². The van der Waals surface area contributed by atoms with Gasteiger partial charge in [-0.1, -0.05) is 0 Å². The van der Waals surface area contributed by atoms with Crippen LogP contribution < -0.4 is 5.73 Å². The molecule has 6 nitrogen and oxygen atoms in total. The second-order valence-electron chi connectivity index (χ2n) is 6.24. The summed E-state index contributed by atoms with van der Waals surface area (Å²) in [6.45, 7) is 12.5. The van der Waals surface area contributed by atoms with Gasteiger partial charge in [-0.05, 0) is 27.7 Å². The first-order valence-corrected chi connectivity index (χ1v) is 7.20. The number of carbonyl (C=O) groups is 1. The van der Waals surface area contributed by atoms with Gasteiger partial charge in [-0.3, -0.25) is 14.4 Å². The lowest BCUT2D eigenvalue weighted by Gasteiger charge is -2.42. The van der Waals surface area contributed by atoms with E-state index in [2.05, 4.69) is 30.8 Å². The lowest BCUT2D eigenvalue weighted by molar-refractivity contribution is 0.0447. The van der Waals surface area contributed by atoms with Gasteiger partial charge in [0.2, 0.25) is 0 Å². The van der Waals surface area contributed by atoms with Crippen molar-refractivity contribution in [3.63, 3.8) is 0 Å². The van der Waals surface area contributed by atoms with Gasteiger partial charge in [0.15, 0.2) is 5.69 Å². The smallest absolute Gasteiger partial charge is 0.276 e. The average molecular weight is 279 g/mol. The van der Waals surface area contributed by atoms with Gasteiger partial charge in [0.05, 0.1) is 5.69 Å². The van der Waals surface area contributed by atoms with Crippen LogP contribution in [0.2, 0.25) is 0 Å². The summed E-state index contributed by atoms with van der Waals surface area (Å²) in [6, 6.07) is 0. The summed E-state index contributed by atoms with van der Waals surface area (Å²) in [5.41, 5.74) is 6.88. The molecule has 0 radical (unpaired) electrons. The van der Waals surface area contributed by atoms with Gasteiger partial charge in [0.1, 0.15) is 0 Å². The highest BCUT2D eigenvalue weighted by Crippen LogP contribution is 2.18. The lowest BCUT2D eigenvalue weighted by atomic mass is 10.0. The first-order chi connectivity index (χ1) is 9.32. The fourth-order valence-corrected chi connectivity index (χ4v) is 2.50. The Hall–Kier alpha value is -1.56. The minimum atomic E-state index is -0.0525. The van der Waals surface area contributed by atoms with Gasteiger partial charge >= 0.3 is 0 Å². The van der Waals surface area contributed by atoms with E-state index in [9.17, 15) is 4.79 Å². The van der Waals surface area contributed by atoms with Gasteiger partial charge in [0, 0.05) is 44.5 Å². The summed E-state index contributed by atoms with van der Waals surface area (Å²) in [5.74, 6) is -0.0525. The fourth-order valence-electron chi connectivity index (χ4n) is 2.50. The third-order valence-corrected chi connectivity index (χ3v) is 3.83. The standard InChI is InChI=1S/C14H25N5O/c1-5-19-10-11(15)12(16-19)13(20)17-6-8-18(9-7-17)14(2,3)4/h10H,5-9,15H2,1-4H3. The number of piperazine rings is 1. The van der Waals surface area contributed by atoms with Crippen molar-refractivity contribution in [1.82, 2.24) is 19.6 Å². The van der Waals surface area contributed by atoms with Crippen molar-refractivity contribution in [1.29, 1.82) is 0 Å². The Labute approximate surface area is 120 Å². The molecule has 0 atom stereocenters. The molecule has 1 saturated heterocycles. The summed E-state index contributed by atoms with van der Waals surface area (Å²) in [6.07, 6.45) is 1.72. The van der Waals surface area contributed by atoms with Crippen LogP contribution in [0.25, 0.3) is 0 Å². The minimum Gasteiger partial charge on any atom is -0.396 e. The number of nitrogen functional groups attached to an aromatic ring is 1. The number of hydrogen-bond acceptors (Lipinski definition) is 4. The van der Waals surface area contributed by atoms with Crippen molar-refractivity contribution in [2.45, 2.75) is 39.8 Å². The van der Waals surface area contributed by atoms with Crippen LogP contribution in [-0.4, -0.2) is 57.2 Å². The molecule has 1 aliphatic heterocycles. The molecule has 2 N–H and O–H groups in total. The van der Waals surface area contributed by atoms with Crippen LogP contribution in [0.15, 0.2) is 6.20 Å². The molecule has 0 saturated carbocycles. The van der Waals surface area contributed by atoms with Gasteiger partial charge in [0.25, 0.3) is 5.91 Å². The summed E-state index contributed by atoms with van der Waals surface area (Å²) < 4.78 is 1.70. The highest BCUT2D eigenvalue weighted by atomic mass is 16.2. The zero-order chi connectivity index (χ0) is 14.9. The number of aryl methyl sites for hydroxylation is 1. The average Bonchev–Trinajstić information content (AvgIpc) is 2.78. The molecule has 1 aromatic rings. The van der Waals surface area contributed by atoms with E-state index >= 15 is 0 Å². The zero-order valence-corrected chi connectivity index (χ0v) is 12.9. The van der Waals surface area contributed by atoms with E-state index in [0.29, 0.717) is 11.4 Å². The maximum absolute atomic E-state index is 12.5. The number of carbonyl (C=O) groups excluding carboxylic acids is 1. The molecule has 0 unspecified atom stereocenters. The van der Waals surface area contributed by atoms with Crippen molar-refractivity contribution in [3.05, 3.63) is 11.9 Å². The summed E-state index contributed by atoms with van der Waals surface area (Å²) in [4.78, 5) is 16.7. The highest BCUT2D eigenvalue weighted by Gasteiger charge is 2.29. The predicted octanol–water partition coefficient (Wildman–Crippen LogP) is 1.04. The zero-order valence-electron chi connectivity index (χ0n) is 12.9. The van der Waals surface area contributed by atoms with Crippen LogP contribution in [0.5, 0.6) is 0 Å². The predicted molar refractivity (Wildman–Crippen MR) is 79.5 cm³/mol. The van der Waals surface area contributed by atoms with Gasteiger partial charge in [-0.15, -0.1) is 0 Å². The van der Waals surface area contributed by atoms with E-state index in [1.807, 2.05) is 11.8 Å². The van der Waals surface area contributed by atoms with Crippen molar-refractivity contribution in [3.8, 4) is 0 Å². The van der Waals surface area contributed by atoms with Crippen LogP contribution in [0.4, 0.5) is 5.69 Å². The van der Waals surface area contributed by atoms with Crippen LogP contribution in [-0.2, 0) is 6.54 Å². The molecule has 0 aromatic carbocycles. The van der Waals surface area contributed by atoms with Gasteiger partial charge in [-0.2, -0.15) is 5.10 Å². The quantitative estimate of drug-likeness (QED) is 0.878. The monoisotopic (exact) mass is 279 g/mol. The largest absolute Gasteiger partial charge is 0.396 e. The van der Waals surface area contributed by atoms with E-state index in [0.717, 1.165) is 32.7 Å². The number of nitrogens with two attached hydrogens (primary N) is 1. The second-order valence-corrected chi connectivity index (χ2v) is 6.24. The molecular formula is C14H25N5O. The van der Waals surface area contributed by atoms with E-state index in [-0.39, 0.29) is 11.4 Å². The van der Waals surface area contributed by atoms with E-state index in [1.54, 1.807) is 10.9 Å². The van der Waals surface area contributed by atoms with Crippen LogP contribution in [0, 0.1) is 0 Å². The van der Waals surface area contributed by atoms with Crippen LogP contribution in [0.1, 0.15) is 38.2 Å². The molecule has 0 bridgehead atoms. The molecule has 1 aliphatic rings. The Kier molecular flexibility index (Phi) is 4.04. The van der Waals surface area contributed by atoms with Gasteiger partial charge < -0.3 is 10.6 Å². The molecule has 0 aliphatic carbocycles. The second kappa shape index (κ2) is 5.44. The molecule has 0 spiro atoms. The number of hydrogen-bond donors (Lipinski definition) is 1. The van der Waals surface area contributed by atoms with Gasteiger partial charge in [-0.25, -0.2) is 0 Å². The molecule has 6 heteroatoms. The number of rotatable bonds is 2. The minimum absolute atomic E-state index is 0.0525. The number of anilines is 1. The summed E-state index contributed by atoms with van der Waals surface area (Å²) in [7, 11) is 0. The normalized spacial score (nSPS) is 17.5. The molecule has 20 heavy (non-hydrogen) atoms. The fraction of sp³-hybridized carbons (Fsp3) is 0.714. The Morgan fingerprint density at radius 1 is 1.30 bits per heavy atom. The Balaban J connectivity index is 2.03. The SMILES string of the molecule is CCn1cc(N)c(C(=O)N2CCN(C(C)(C)C)CC2)n1. The summed E-state index contributed by atoms with van der Waals surface area (Å²) in [5, 5.41) is 4.26. The number of nitrogens with zero attached hydrogens (tertiary/aromatic N) is 4. The molecule has 1 fully saturated rings. The molecule has 2 heterocycles. The topological polar surface area (TPSA) is 67.4 Å². The van der Waals surface area contributed by atoms with Crippen LogP contribution >= 0.6 is 0 Å². The number of amides is 1. The maximum atomic E-state index is 12.5. The first kappa shape index (κ1) is 14.8. The number of aromatic nitrogens is 2. The maximum Gasteiger partial charge on any atom is 0.276 e. The molecule has 1 amide bonds. The Bertz CT molecular complexity index is 480. The highest BCUT2D eigenvalue weighted by molar-refractivity contribution is 5.97. The van der Waals surface area contributed by atoms with E-state index < -0.39 is 0 Å². The third-order valence-electron chi connectivity index (χ3n) is 3.83. The molecular weight excluding hydrogens is 254 g/mol. The molecule has 2 rings (SSSR count). The van der Waals surface area contributed by atoms with E-state index in [1.165, 1.54) is 0 Å². The third kappa shape index (κ3) is 2.95. The first-order valence-electron chi connectivity index (χ1n) is 7.20. The van der Waals surface area contributed by atoms with Crippen molar-refractivity contribution < 1.29 is 4.79 Å². The van der Waals surface area contributed by atoms with Crippen molar-refractivity contribution in [2.24, 2.45) is 0 Å². The van der Waals surface area contributed by atoms with Crippen molar-refractivity contribution >= 4 is 11.6 Å². The summed E-state index contributed by atoms with van der Waals surface area (Å²) >= 11 is 0.